The number of carboxylic acid groups (broad SMARTS) is 2. The summed E-state index contributed by atoms with van der Waals surface area (Å²) in [5, 5.41) is 37.4. The minimum Gasteiger partial charge on any atom is -0.507 e. The van der Waals surface area contributed by atoms with Crippen LogP contribution in [0.4, 0.5) is 0 Å². The van der Waals surface area contributed by atoms with E-state index < -0.39 is 11.9 Å². The zero-order valence-corrected chi connectivity index (χ0v) is 18.7. The monoisotopic (exact) mass is 474 g/mol. The van der Waals surface area contributed by atoms with E-state index in [0.717, 1.165) is 22.3 Å². The van der Waals surface area contributed by atoms with Crippen molar-refractivity contribution in [3.63, 3.8) is 0 Å². The highest BCUT2D eigenvalue weighted by Gasteiger charge is 2.10. The average Bonchev–Trinajstić information content (AvgIpc) is 2.88. The second-order valence-corrected chi connectivity index (χ2v) is 7.73. The molecule has 0 saturated heterocycles. The van der Waals surface area contributed by atoms with Crippen molar-refractivity contribution in [2.45, 2.75) is 0 Å². The van der Waals surface area contributed by atoms with Gasteiger partial charge in [-0.1, -0.05) is 47.9 Å². The molecule has 6 nitrogen and oxygen atoms in total. The van der Waals surface area contributed by atoms with Gasteiger partial charge >= 0.3 is 11.9 Å². The lowest BCUT2D eigenvalue weighted by atomic mass is 10.0. The Balaban J connectivity index is 1.48. The number of hydrogen-bond acceptors (Lipinski definition) is 4. The Hall–Kier alpha value is -5.46. The van der Waals surface area contributed by atoms with Crippen LogP contribution in [0.1, 0.15) is 43.0 Å². The van der Waals surface area contributed by atoms with Crippen LogP contribution >= 0.6 is 0 Å². The molecule has 0 aromatic heterocycles. The molecule has 0 saturated carbocycles. The average molecular weight is 474 g/mol. The van der Waals surface area contributed by atoms with Crippen molar-refractivity contribution in [3.8, 4) is 46.3 Å². The van der Waals surface area contributed by atoms with Gasteiger partial charge < -0.3 is 20.4 Å². The quantitative estimate of drug-likeness (QED) is 0.312. The molecule has 4 N–H and O–H groups in total. The third-order valence-corrected chi connectivity index (χ3v) is 5.26. The molecule has 0 aliphatic rings. The van der Waals surface area contributed by atoms with E-state index in [0.29, 0.717) is 11.1 Å². The molecule has 4 aromatic carbocycles. The molecule has 174 valence electrons. The smallest absolute Gasteiger partial charge is 0.339 e. The predicted molar refractivity (Wildman–Crippen MR) is 134 cm³/mol. The summed E-state index contributed by atoms with van der Waals surface area (Å²) in [6.45, 7) is 0. The van der Waals surface area contributed by atoms with Crippen LogP contribution in [-0.2, 0) is 0 Å². The first-order valence-electron chi connectivity index (χ1n) is 10.7. The molecule has 0 fully saturated rings. The van der Waals surface area contributed by atoms with Crippen LogP contribution in [0.25, 0.3) is 11.1 Å². The van der Waals surface area contributed by atoms with Crippen LogP contribution in [0.5, 0.6) is 11.5 Å². The molecule has 0 bridgehead atoms. The Bertz CT molecular complexity index is 1470. The molecule has 0 atom stereocenters. The van der Waals surface area contributed by atoms with Crippen molar-refractivity contribution in [1.82, 2.24) is 0 Å². The number of benzene rings is 4. The molecule has 0 aliphatic heterocycles. The lowest BCUT2D eigenvalue weighted by molar-refractivity contribution is 0.0682. The molecule has 0 heterocycles. The van der Waals surface area contributed by atoms with Crippen LogP contribution < -0.4 is 0 Å². The van der Waals surface area contributed by atoms with Gasteiger partial charge in [-0.05, 0) is 71.8 Å². The van der Waals surface area contributed by atoms with Crippen LogP contribution in [0.2, 0.25) is 0 Å². The third kappa shape index (κ3) is 5.53. The van der Waals surface area contributed by atoms with Crippen LogP contribution in [-0.4, -0.2) is 32.4 Å². The number of hydrogen-bond donors (Lipinski definition) is 4. The third-order valence-electron chi connectivity index (χ3n) is 5.26. The lowest BCUT2D eigenvalue weighted by Gasteiger charge is -2.02. The van der Waals surface area contributed by atoms with Crippen molar-refractivity contribution in [2.24, 2.45) is 0 Å². The Labute approximate surface area is 206 Å². The summed E-state index contributed by atoms with van der Waals surface area (Å²) in [5.74, 6) is 8.74. The number of aromatic carboxylic acids is 2. The molecule has 36 heavy (non-hydrogen) atoms. The maximum Gasteiger partial charge on any atom is 0.339 e. The number of rotatable bonds is 3. The summed E-state index contributed by atoms with van der Waals surface area (Å²) >= 11 is 0. The topological polar surface area (TPSA) is 115 Å². The maximum atomic E-state index is 11.1. The van der Waals surface area contributed by atoms with Gasteiger partial charge in [0.05, 0.1) is 0 Å². The van der Waals surface area contributed by atoms with E-state index in [2.05, 4.69) is 23.7 Å². The van der Waals surface area contributed by atoms with Gasteiger partial charge in [0.25, 0.3) is 0 Å². The normalized spacial score (nSPS) is 9.89. The van der Waals surface area contributed by atoms with Gasteiger partial charge in [-0.15, -0.1) is 0 Å². The predicted octanol–water partition coefficient (Wildman–Crippen LogP) is 4.96. The molecule has 4 rings (SSSR count). The van der Waals surface area contributed by atoms with Crippen LogP contribution in [0, 0.1) is 23.7 Å². The molecule has 0 radical (unpaired) electrons. The summed E-state index contributed by atoms with van der Waals surface area (Å²) in [7, 11) is 0. The highest BCUT2D eigenvalue weighted by molar-refractivity contribution is 5.91. The van der Waals surface area contributed by atoms with E-state index in [4.69, 9.17) is 10.2 Å². The molecule has 0 aliphatic carbocycles. The van der Waals surface area contributed by atoms with E-state index in [1.165, 1.54) is 24.3 Å². The van der Waals surface area contributed by atoms with Crippen LogP contribution in [0.3, 0.4) is 0 Å². The highest BCUT2D eigenvalue weighted by Crippen LogP contribution is 2.21. The largest absolute Gasteiger partial charge is 0.507 e. The highest BCUT2D eigenvalue weighted by atomic mass is 16.4. The van der Waals surface area contributed by atoms with E-state index in [9.17, 15) is 19.8 Å². The first-order valence-corrected chi connectivity index (χ1v) is 10.7. The molecular weight excluding hydrogens is 456 g/mol. The minimum absolute atomic E-state index is 0.196. The van der Waals surface area contributed by atoms with Gasteiger partial charge in [-0.2, -0.15) is 0 Å². The summed E-state index contributed by atoms with van der Waals surface area (Å²) in [5.41, 5.74) is 4.03. The van der Waals surface area contributed by atoms with Gasteiger partial charge in [0.2, 0.25) is 0 Å². The number of aromatic hydroxyl groups is 2. The van der Waals surface area contributed by atoms with Crippen molar-refractivity contribution < 1.29 is 30.0 Å². The molecule has 0 amide bonds. The maximum absolute atomic E-state index is 11.1. The van der Waals surface area contributed by atoms with Crippen molar-refractivity contribution in [3.05, 3.63) is 118 Å². The van der Waals surface area contributed by atoms with Crippen molar-refractivity contribution in [2.75, 3.05) is 0 Å². The zero-order valence-electron chi connectivity index (χ0n) is 18.7. The molecule has 4 aromatic rings. The Kier molecular flexibility index (Phi) is 6.72. The van der Waals surface area contributed by atoms with E-state index in [1.54, 1.807) is 12.1 Å². The summed E-state index contributed by atoms with van der Waals surface area (Å²) in [6.07, 6.45) is 0. The SMILES string of the molecule is O=C(O)c1cc(C#Cc2ccc(-c3ccc(C#Cc4ccc(O)c(C(=O)O)c4)cc3)cc2)ccc1O. The minimum atomic E-state index is -1.22. The first kappa shape index (κ1) is 23.7. The van der Waals surface area contributed by atoms with Gasteiger partial charge in [-0.25, -0.2) is 9.59 Å². The summed E-state index contributed by atoms with van der Waals surface area (Å²) in [4.78, 5) is 22.3. The standard InChI is InChI=1S/C30H18O6/c31-27-15-9-21(17-25(27)29(33)34)3-1-19-5-11-23(12-6-19)24-13-7-20(8-14-24)2-4-22-10-16-28(32)26(18-22)30(35)36/h5-18,31-32H,(H,33,34)(H,35,36). The molecule has 0 spiro atoms. The Morgan fingerprint density at radius 1 is 0.472 bits per heavy atom. The second kappa shape index (κ2) is 10.2. The summed E-state index contributed by atoms with van der Waals surface area (Å²) in [6, 6.07) is 23.5. The fourth-order valence-electron chi connectivity index (χ4n) is 3.35. The van der Waals surface area contributed by atoms with Gasteiger partial charge in [0.15, 0.2) is 0 Å². The van der Waals surface area contributed by atoms with Gasteiger partial charge in [0, 0.05) is 22.3 Å². The molecular formula is C30H18O6. The zero-order chi connectivity index (χ0) is 25.7. The Morgan fingerprint density at radius 3 is 1.11 bits per heavy atom. The fraction of sp³-hybridized carbons (Fsp3) is 0. The number of phenols is 2. The van der Waals surface area contributed by atoms with Crippen molar-refractivity contribution in [1.29, 1.82) is 0 Å². The molecule has 6 heteroatoms. The number of carboxylic acids is 2. The van der Waals surface area contributed by atoms with Gasteiger partial charge in [-0.3, -0.25) is 0 Å². The first-order chi connectivity index (χ1) is 17.3. The number of carbonyl (C=O) groups is 2. The second-order valence-electron chi connectivity index (χ2n) is 7.73. The van der Waals surface area contributed by atoms with Crippen molar-refractivity contribution >= 4 is 11.9 Å². The van der Waals surface area contributed by atoms with E-state index in [1.807, 2.05) is 48.5 Å². The van der Waals surface area contributed by atoms with E-state index in [-0.39, 0.29) is 22.6 Å². The Morgan fingerprint density at radius 2 is 0.778 bits per heavy atom. The summed E-state index contributed by atoms with van der Waals surface area (Å²) < 4.78 is 0. The fourth-order valence-corrected chi connectivity index (χ4v) is 3.35. The van der Waals surface area contributed by atoms with Gasteiger partial charge in [0.1, 0.15) is 22.6 Å². The van der Waals surface area contributed by atoms with E-state index >= 15 is 0 Å². The lowest BCUT2D eigenvalue weighted by Crippen LogP contribution is -1.97. The molecule has 0 unspecified atom stereocenters. The van der Waals surface area contributed by atoms with Crippen LogP contribution in [0.15, 0.2) is 84.9 Å².